The summed E-state index contributed by atoms with van der Waals surface area (Å²) in [5, 5.41) is 8.43. The van der Waals surface area contributed by atoms with Crippen LogP contribution in [0.25, 0.3) is 0 Å². The zero-order chi connectivity index (χ0) is 8.85. The monoisotopic (exact) mass is 158 g/mol. The Morgan fingerprint density at radius 3 is 2.36 bits per heavy atom. The van der Waals surface area contributed by atoms with E-state index in [-0.39, 0.29) is 12.8 Å². The Kier molecular flexibility index (Phi) is 4.10. The molecule has 0 spiro atoms. The van der Waals surface area contributed by atoms with Gasteiger partial charge in [0.25, 0.3) is 0 Å². The van der Waals surface area contributed by atoms with Crippen LogP contribution < -0.4 is 0 Å². The fourth-order valence-corrected chi connectivity index (χ4v) is 0.764. The molecule has 0 aliphatic heterocycles. The van der Waals surface area contributed by atoms with Crippen LogP contribution in [-0.2, 0) is 14.4 Å². The SMILES string of the molecule is CCC(C(=O)O)C(=O)CC=O. The Morgan fingerprint density at radius 2 is 2.09 bits per heavy atom. The van der Waals surface area contributed by atoms with Gasteiger partial charge in [0.1, 0.15) is 12.2 Å². The highest BCUT2D eigenvalue weighted by molar-refractivity contribution is 6.02. The molecule has 0 aromatic heterocycles. The van der Waals surface area contributed by atoms with E-state index in [9.17, 15) is 14.4 Å². The number of Topliss-reactive ketones (excluding diaryl/α,β-unsaturated/α-hetero) is 1. The summed E-state index contributed by atoms with van der Waals surface area (Å²) in [6.45, 7) is 1.60. The molecule has 0 rings (SSSR count). The largest absolute Gasteiger partial charge is 0.481 e. The van der Waals surface area contributed by atoms with E-state index in [0.29, 0.717) is 6.29 Å². The number of aliphatic carboxylic acids is 1. The van der Waals surface area contributed by atoms with Crippen molar-refractivity contribution in [2.75, 3.05) is 0 Å². The molecule has 0 saturated carbocycles. The standard InChI is InChI=1S/C7H10O4/c1-2-5(7(10)11)6(9)3-4-8/h4-5H,2-3H2,1H3,(H,10,11). The fraction of sp³-hybridized carbons (Fsp3) is 0.571. The number of hydrogen-bond acceptors (Lipinski definition) is 3. The molecule has 0 aromatic rings. The molecule has 0 aliphatic carbocycles. The molecule has 0 heterocycles. The highest BCUT2D eigenvalue weighted by atomic mass is 16.4. The van der Waals surface area contributed by atoms with Crippen LogP contribution in [0.15, 0.2) is 0 Å². The Hall–Kier alpha value is -1.19. The van der Waals surface area contributed by atoms with Gasteiger partial charge in [-0.1, -0.05) is 6.92 Å². The first kappa shape index (κ1) is 9.81. The van der Waals surface area contributed by atoms with E-state index >= 15 is 0 Å². The molecular weight excluding hydrogens is 148 g/mol. The lowest BCUT2D eigenvalue weighted by Gasteiger charge is -2.04. The van der Waals surface area contributed by atoms with E-state index < -0.39 is 17.7 Å². The van der Waals surface area contributed by atoms with Crippen molar-refractivity contribution in [2.24, 2.45) is 5.92 Å². The molecule has 11 heavy (non-hydrogen) atoms. The number of carboxylic acid groups (broad SMARTS) is 1. The molecule has 0 radical (unpaired) electrons. The van der Waals surface area contributed by atoms with Crippen molar-refractivity contribution in [3.8, 4) is 0 Å². The van der Waals surface area contributed by atoms with Crippen LogP contribution in [0.2, 0.25) is 0 Å². The van der Waals surface area contributed by atoms with E-state index in [0.717, 1.165) is 0 Å². The topological polar surface area (TPSA) is 71.4 Å². The third-order valence-electron chi connectivity index (χ3n) is 1.38. The lowest BCUT2D eigenvalue weighted by atomic mass is 10.00. The van der Waals surface area contributed by atoms with Gasteiger partial charge in [0.2, 0.25) is 0 Å². The minimum atomic E-state index is -1.15. The first-order chi connectivity index (χ1) is 5.13. The Balaban J connectivity index is 4.13. The fourth-order valence-electron chi connectivity index (χ4n) is 0.764. The van der Waals surface area contributed by atoms with Gasteiger partial charge < -0.3 is 9.90 Å². The van der Waals surface area contributed by atoms with Crippen LogP contribution in [0.3, 0.4) is 0 Å². The molecule has 0 fully saturated rings. The first-order valence-electron chi connectivity index (χ1n) is 3.32. The quantitative estimate of drug-likeness (QED) is 0.460. The van der Waals surface area contributed by atoms with Crippen LogP contribution in [0.4, 0.5) is 0 Å². The van der Waals surface area contributed by atoms with Gasteiger partial charge in [0, 0.05) is 0 Å². The van der Waals surface area contributed by atoms with Crippen molar-refractivity contribution in [2.45, 2.75) is 19.8 Å². The molecule has 62 valence electrons. The summed E-state index contributed by atoms with van der Waals surface area (Å²) >= 11 is 0. The van der Waals surface area contributed by atoms with Gasteiger partial charge in [-0.3, -0.25) is 9.59 Å². The number of carbonyl (C=O) groups excluding carboxylic acids is 2. The van der Waals surface area contributed by atoms with Gasteiger partial charge in [-0.2, -0.15) is 0 Å². The summed E-state index contributed by atoms with van der Waals surface area (Å²) in [5.41, 5.74) is 0. The molecule has 1 unspecified atom stereocenters. The summed E-state index contributed by atoms with van der Waals surface area (Å²) < 4.78 is 0. The molecular formula is C7H10O4. The second-order valence-corrected chi connectivity index (χ2v) is 2.14. The molecule has 1 N–H and O–H groups in total. The number of hydrogen-bond donors (Lipinski definition) is 1. The van der Waals surface area contributed by atoms with Crippen molar-refractivity contribution in [3.63, 3.8) is 0 Å². The normalized spacial score (nSPS) is 12.1. The van der Waals surface area contributed by atoms with Crippen LogP contribution in [-0.4, -0.2) is 23.1 Å². The minimum Gasteiger partial charge on any atom is -0.481 e. The third kappa shape index (κ3) is 2.93. The van der Waals surface area contributed by atoms with Gasteiger partial charge in [-0.05, 0) is 6.42 Å². The average Bonchev–Trinajstić information content (AvgIpc) is 1.88. The van der Waals surface area contributed by atoms with E-state index in [2.05, 4.69) is 0 Å². The smallest absolute Gasteiger partial charge is 0.314 e. The highest BCUT2D eigenvalue weighted by Crippen LogP contribution is 2.05. The van der Waals surface area contributed by atoms with Crippen molar-refractivity contribution in [1.29, 1.82) is 0 Å². The lowest BCUT2D eigenvalue weighted by Crippen LogP contribution is -2.22. The Labute approximate surface area is 64.2 Å². The van der Waals surface area contributed by atoms with Gasteiger partial charge in [-0.25, -0.2) is 0 Å². The van der Waals surface area contributed by atoms with E-state index in [1.807, 2.05) is 0 Å². The third-order valence-corrected chi connectivity index (χ3v) is 1.38. The van der Waals surface area contributed by atoms with Crippen molar-refractivity contribution < 1.29 is 19.5 Å². The van der Waals surface area contributed by atoms with Gasteiger partial charge >= 0.3 is 5.97 Å². The van der Waals surface area contributed by atoms with Crippen molar-refractivity contribution in [1.82, 2.24) is 0 Å². The summed E-state index contributed by atoms with van der Waals surface area (Å²) in [5.74, 6) is -2.69. The number of aldehydes is 1. The molecule has 0 aromatic carbocycles. The van der Waals surface area contributed by atoms with Crippen LogP contribution in [0.5, 0.6) is 0 Å². The maximum absolute atomic E-state index is 10.8. The molecule has 4 heteroatoms. The van der Waals surface area contributed by atoms with E-state index in [1.165, 1.54) is 0 Å². The summed E-state index contributed by atoms with van der Waals surface area (Å²) in [7, 11) is 0. The summed E-state index contributed by atoms with van der Waals surface area (Å²) in [6, 6.07) is 0. The first-order valence-corrected chi connectivity index (χ1v) is 3.32. The summed E-state index contributed by atoms with van der Waals surface area (Å²) in [4.78, 5) is 31.0. The molecule has 0 aliphatic rings. The molecule has 0 bridgehead atoms. The minimum absolute atomic E-state index is 0.238. The second kappa shape index (κ2) is 4.60. The number of rotatable bonds is 5. The van der Waals surface area contributed by atoms with Crippen molar-refractivity contribution in [3.05, 3.63) is 0 Å². The summed E-state index contributed by atoms with van der Waals surface area (Å²) in [6.07, 6.45) is 0.362. The van der Waals surface area contributed by atoms with Crippen LogP contribution in [0.1, 0.15) is 19.8 Å². The van der Waals surface area contributed by atoms with E-state index in [1.54, 1.807) is 6.92 Å². The average molecular weight is 158 g/mol. The number of carbonyl (C=O) groups is 3. The Bertz CT molecular complexity index is 173. The van der Waals surface area contributed by atoms with Crippen LogP contribution >= 0.6 is 0 Å². The van der Waals surface area contributed by atoms with E-state index in [4.69, 9.17) is 5.11 Å². The molecule has 0 saturated heterocycles. The molecule has 1 atom stereocenters. The van der Waals surface area contributed by atoms with Crippen LogP contribution in [0, 0.1) is 5.92 Å². The number of carboxylic acids is 1. The predicted molar refractivity (Wildman–Crippen MR) is 37.1 cm³/mol. The zero-order valence-corrected chi connectivity index (χ0v) is 6.24. The van der Waals surface area contributed by atoms with Gasteiger partial charge in [-0.15, -0.1) is 0 Å². The van der Waals surface area contributed by atoms with Crippen molar-refractivity contribution >= 4 is 18.0 Å². The number of ketones is 1. The van der Waals surface area contributed by atoms with Gasteiger partial charge in [0.05, 0.1) is 6.42 Å². The lowest BCUT2D eigenvalue weighted by molar-refractivity contribution is -0.146. The highest BCUT2D eigenvalue weighted by Gasteiger charge is 2.22. The Morgan fingerprint density at radius 1 is 1.55 bits per heavy atom. The second-order valence-electron chi connectivity index (χ2n) is 2.14. The predicted octanol–water partition coefficient (Wildman–Crippen LogP) is 0.255. The zero-order valence-electron chi connectivity index (χ0n) is 6.24. The van der Waals surface area contributed by atoms with Gasteiger partial charge in [0.15, 0.2) is 5.78 Å². The molecule has 0 amide bonds. The maximum Gasteiger partial charge on any atom is 0.314 e. The maximum atomic E-state index is 10.8. The molecule has 4 nitrogen and oxygen atoms in total.